The predicted molar refractivity (Wildman–Crippen MR) is 74.1 cm³/mol. The molecule has 0 fully saturated rings. The van der Waals surface area contributed by atoms with Gasteiger partial charge in [-0.25, -0.2) is 0 Å². The van der Waals surface area contributed by atoms with Gasteiger partial charge < -0.3 is 4.74 Å². The summed E-state index contributed by atoms with van der Waals surface area (Å²) in [6, 6.07) is 2.42. The minimum absolute atomic E-state index is 0.0846. The van der Waals surface area contributed by atoms with Gasteiger partial charge in [-0.3, -0.25) is 11.3 Å². The molecule has 1 atom stereocenters. The van der Waals surface area contributed by atoms with Crippen LogP contribution in [-0.2, 0) is 11.2 Å². The van der Waals surface area contributed by atoms with E-state index in [9.17, 15) is 0 Å². The Labute approximate surface area is 108 Å². The van der Waals surface area contributed by atoms with Crippen LogP contribution in [0.15, 0.2) is 11.4 Å². The second kappa shape index (κ2) is 6.50. The fraction of sp³-hybridized carbons (Fsp3) is 0.692. The van der Waals surface area contributed by atoms with Gasteiger partial charge in [-0.1, -0.05) is 6.92 Å². The molecule has 4 heteroatoms. The lowest BCUT2D eigenvalue weighted by Gasteiger charge is -2.25. The van der Waals surface area contributed by atoms with Crippen molar-refractivity contribution in [2.24, 2.45) is 5.84 Å². The molecule has 1 aromatic heterocycles. The minimum atomic E-state index is -0.0846. The van der Waals surface area contributed by atoms with E-state index in [1.807, 2.05) is 0 Å². The Balaban J connectivity index is 2.66. The first-order valence-electron chi connectivity index (χ1n) is 6.11. The highest BCUT2D eigenvalue weighted by Gasteiger charge is 2.21. The molecular weight excluding hydrogens is 232 g/mol. The van der Waals surface area contributed by atoms with E-state index in [4.69, 9.17) is 10.6 Å². The number of ether oxygens (including phenoxy) is 1. The van der Waals surface area contributed by atoms with Gasteiger partial charge in [0.15, 0.2) is 0 Å². The molecule has 0 aliphatic heterocycles. The molecule has 0 aliphatic carbocycles. The van der Waals surface area contributed by atoms with Crippen molar-refractivity contribution in [2.45, 2.75) is 51.7 Å². The molecule has 1 unspecified atom stereocenters. The number of rotatable bonds is 7. The van der Waals surface area contributed by atoms with Crippen LogP contribution in [0.5, 0.6) is 0 Å². The molecule has 3 nitrogen and oxygen atoms in total. The second-order valence-corrected chi connectivity index (χ2v) is 5.83. The number of nitrogens with two attached hydrogens (primary N) is 1. The Bertz CT molecular complexity index is 336. The predicted octanol–water partition coefficient (Wildman–Crippen LogP) is 3.02. The Morgan fingerprint density at radius 2 is 2.24 bits per heavy atom. The summed E-state index contributed by atoms with van der Waals surface area (Å²) in [7, 11) is 1.76. The summed E-state index contributed by atoms with van der Waals surface area (Å²) >= 11 is 1.78. The van der Waals surface area contributed by atoms with E-state index in [0.717, 1.165) is 19.3 Å². The van der Waals surface area contributed by atoms with Gasteiger partial charge in [0, 0.05) is 12.0 Å². The molecule has 1 heterocycles. The molecule has 0 bridgehead atoms. The van der Waals surface area contributed by atoms with Crippen molar-refractivity contribution in [1.82, 2.24) is 5.43 Å². The van der Waals surface area contributed by atoms with Crippen molar-refractivity contribution in [3.63, 3.8) is 0 Å². The number of thiophene rings is 1. The van der Waals surface area contributed by atoms with Crippen LogP contribution in [0.25, 0.3) is 0 Å². The molecule has 0 aliphatic rings. The first kappa shape index (κ1) is 14.6. The van der Waals surface area contributed by atoms with Crippen molar-refractivity contribution in [1.29, 1.82) is 0 Å². The van der Waals surface area contributed by atoms with Crippen LogP contribution < -0.4 is 11.3 Å². The maximum Gasteiger partial charge on any atom is 0.0623 e. The van der Waals surface area contributed by atoms with Crippen LogP contribution in [0.3, 0.4) is 0 Å². The van der Waals surface area contributed by atoms with Gasteiger partial charge in [0.2, 0.25) is 0 Å². The van der Waals surface area contributed by atoms with Gasteiger partial charge in [-0.15, -0.1) is 11.3 Å². The Hall–Kier alpha value is -0.420. The molecule has 17 heavy (non-hydrogen) atoms. The van der Waals surface area contributed by atoms with Crippen LogP contribution >= 0.6 is 11.3 Å². The van der Waals surface area contributed by atoms with Crippen molar-refractivity contribution in [2.75, 3.05) is 7.11 Å². The topological polar surface area (TPSA) is 47.3 Å². The molecule has 0 saturated heterocycles. The van der Waals surface area contributed by atoms with Gasteiger partial charge in [0.1, 0.15) is 0 Å². The highest BCUT2D eigenvalue weighted by atomic mass is 32.1. The van der Waals surface area contributed by atoms with E-state index in [1.165, 1.54) is 10.4 Å². The van der Waals surface area contributed by atoms with E-state index >= 15 is 0 Å². The summed E-state index contributed by atoms with van der Waals surface area (Å²) in [6.45, 7) is 6.39. The van der Waals surface area contributed by atoms with Crippen LogP contribution in [0.2, 0.25) is 0 Å². The highest BCUT2D eigenvalue weighted by Crippen LogP contribution is 2.30. The smallest absolute Gasteiger partial charge is 0.0623 e. The van der Waals surface area contributed by atoms with Crippen LogP contribution in [0, 0.1) is 0 Å². The van der Waals surface area contributed by atoms with Gasteiger partial charge in [0.25, 0.3) is 0 Å². The maximum absolute atomic E-state index is 5.67. The monoisotopic (exact) mass is 256 g/mol. The fourth-order valence-corrected chi connectivity index (χ4v) is 2.92. The number of methoxy groups -OCH3 is 1. The molecule has 98 valence electrons. The summed E-state index contributed by atoms with van der Waals surface area (Å²) in [6.07, 6.45) is 3.04. The van der Waals surface area contributed by atoms with E-state index < -0.39 is 0 Å². The van der Waals surface area contributed by atoms with Crippen molar-refractivity contribution in [3.8, 4) is 0 Å². The van der Waals surface area contributed by atoms with Gasteiger partial charge >= 0.3 is 0 Å². The Morgan fingerprint density at radius 1 is 1.53 bits per heavy atom. The molecule has 1 rings (SSSR count). The second-order valence-electron chi connectivity index (χ2n) is 4.89. The number of hydrogen-bond donors (Lipinski definition) is 2. The zero-order valence-electron chi connectivity index (χ0n) is 11.2. The first-order valence-corrected chi connectivity index (χ1v) is 6.99. The minimum Gasteiger partial charge on any atom is -0.379 e. The van der Waals surface area contributed by atoms with E-state index in [-0.39, 0.29) is 11.6 Å². The van der Waals surface area contributed by atoms with Crippen molar-refractivity contribution in [3.05, 3.63) is 21.9 Å². The summed E-state index contributed by atoms with van der Waals surface area (Å²) < 4.78 is 5.44. The number of hydrazine groups is 1. The average molecular weight is 256 g/mol. The van der Waals surface area contributed by atoms with E-state index in [1.54, 1.807) is 18.4 Å². The van der Waals surface area contributed by atoms with Crippen molar-refractivity contribution < 1.29 is 4.74 Å². The zero-order chi connectivity index (χ0) is 12.9. The zero-order valence-corrected chi connectivity index (χ0v) is 12.1. The molecule has 0 radical (unpaired) electrons. The lowest BCUT2D eigenvalue weighted by Crippen LogP contribution is -2.31. The average Bonchev–Trinajstić information content (AvgIpc) is 2.78. The summed E-state index contributed by atoms with van der Waals surface area (Å²) in [5.41, 5.74) is 4.24. The third-order valence-electron chi connectivity index (χ3n) is 3.27. The van der Waals surface area contributed by atoms with Crippen molar-refractivity contribution >= 4 is 11.3 Å². The lowest BCUT2D eigenvalue weighted by atomic mass is 9.97. The first-order chi connectivity index (χ1) is 8.04. The fourth-order valence-electron chi connectivity index (χ4n) is 1.83. The molecular formula is C13H24N2OS. The number of nitrogens with one attached hydrogen (secondary N) is 1. The normalized spacial score (nSPS) is 13.9. The third-order valence-corrected chi connectivity index (χ3v) is 4.34. The lowest BCUT2D eigenvalue weighted by molar-refractivity contribution is 0.0117. The number of aryl methyl sites for hydroxylation is 1. The highest BCUT2D eigenvalue weighted by molar-refractivity contribution is 7.10. The summed E-state index contributed by atoms with van der Waals surface area (Å²) in [5, 5.41) is 2.14. The molecule has 0 aromatic carbocycles. The van der Waals surface area contributed by atoms with E-state index in [0.29, 0.717) is 0 Å². The molecule has 3 N–H and O–H groups in total. The SMILES string of the molecule is CCc1ccsc1C(CCC(C)(C)OC)NN. The summed E-state index contributed by atoms with van der Waals surface area (Å²) in [4.78, 5) is 1.36. The van der Waals surface area contributed by atoms with Crippen LogP contribution in [-0.4, -0.2) is 12.7 Å². The van der Waals surface area contributed by atoms with Crippen LogP contribution in [0.1, 0.15) is 50.1 Å². The van der Waals surface area contributed by atoms with Crippen LogP contribution in [0.4, 0.5) is 0 Å². The third kappa shape index (κ3) is 4.07. The Kier molecular flexibility index (Phi) is 5.59. The largest absolute Gasteiger partial charge is 0.379 e. The van der Waals surface area contributed by atoms with Gasteiger partial charge in [-0.05, 0) is 50.1 Å². The van der Waals surface area contributed by atoms with Gasteiger partial charge in [-0.2, -0.15) is 0 Å². The van der Waals surface area contributed by atoms with E-state index in [2.05, 4.69) is 37.6 Å². The molecule has 0 amide bonds. The maximum atomic E-state index is 5.67. The molecule has 0 spiro atoms. The quantitative estimate of drug-likeness (QED) is 0.582. The standard InChI is InChI=1S/C13H24N2OS/c1-5-10-7-9-17-12(10)11(15-14)6-8-13(2,3)16-4/h7,9,11,15H,5-6,8,14H2,1-4H3. The molecule has 0 saturated carbocycles. The number of hydrogen-bond acceptors (Lipinski definition) is 4. The Morgan fingerprint density at radius 3 is 2.76 bits per heavy atom. The summed E-state index contributed by atoms with van der Waals surface area (Å²) in [5.74, 6) is 5.67. The van der Waals surface area contributed by atoms with Gasteiger partial charge in [0.05, 0.1) is 11.6 Å². The molecule has 1 aromatic rings.